The predicted molar refractivity (Wildman–Crippen MR) is 128 cm³/mol. The van der Waals surface area contributed by atoms with Gasteiger partial charge in [-0.05, 0) is 42.0 Å². The van der Waals surface area contributed by atoms with Crippen molar-refractivity contribution in [3.8, 4) is 11.5 Å². The van der Waals surface area contributed by atoms with Gasteiger partial charge in [0.1, 0.15) is 23.1 Å². The number of hydrogen-bond acceptors (Lipinski definition) is 5. The Balaban J connectivity index is 1.66. The summed E-state index contributed by atoms with van der Waals surface area (Å²) < 4.78 is 5.97. The van der Waals surface area contributed by atoms with Crippen LogP contribution in [0.5, 0.6) is 11.5 Å². The van der Waals surface area contributed by atoms with Gasteiger partial charge in [-0.2, -0.15) is 0 Å². The van der Waals surface area contributed by atoms with Gasteiger partial charge in [0.15, 0.2) is 0 Å². The van der Waals surface area contributed by atoms with Gasteiger partial charge in [-0.3, -0.25) is 14.5 Å². The summed E-state index contributed by atoms with van der Waals surface area (Å²) in [5.41, 5.74) is 1.05. The van der Waals surface area contributed by atoms with Gasteiger partial charge in [-0.25, -0.2) is 4.98 Å². The monoisotopic (exact) mass is 448 g/mol. The molecule has 6 heteroatoms. The van der Waals surface area contributed by atoms with Gasteiger partial charge in [0.2, 0.25) is 0 Å². The number of amides is 1. The molecule has 1 aliphatic rings. The lowest BCUT2D eigenvalue weighted by Gasteiger charge is -2.24. The van der Waals surface area contributed by atoms with E-state index in [0.717, 1.165) is 0 Å². The zero-order chi connectivity index (χ0) is 23.5. The number of aliphatic hydroxyl groups is 1. The van der Waals surface area contributed by atoms with E-state index in [0.29, 0.717) is 28.4 Å². The number of anilines is 1. The van der Waals surface area contributed by atoms with Gasteiger partial charge < -0.3 is 9.84 Å². The van der Waals surface area contributed by atoms with Crippen LogP contribution in [0.3, 0.4) is 0 Å². The van der Waals surface area contributed by atoms with Crippen LogP contribution >= 0.6 is 0 Å². The largest absolute Gasteiger partial charge is 0.507 e. The maximum absolute atomic E-state index is 13.2. The van der Waals surface area contributed by atoms with Crippen molar-refractivity contribution in [2.45, 2.75) is 6.04 Å². The van der Waals surface area contributed by atoms with Crippen LogP contribution in [-0.2, 0) is 9.59 Å². The molecule has 0 aliphatic carbocycles. The van der Waals surface area contributed by atoms with E-state index in [1.54, 1.807) is 72.9 Å². The minimum absolute atomic E-state index is 0.00119. The van der Waals surface area contributed by atoms with Gasteiger partial charge in [0.05, 0.1) is 11.6 Å². The first-order chi connectivity index (χ1) is 16.6. The third kappa shape index (κ3) is 3.93. The van der Waals surface area contributed by atoms with E-state index in [2.05, 4.69) is 4.98 Å². The Hall–Kier alpha value is -4.71. The van der Waals surface area contributed by atoms with Crippen LogP contribution in [-0.4, -0.2) is 21.8 Å². The van der Waals surface area contributed by atoms with Gasteiger partial charge in [0.25, 0.3) is 5.78 Å². The Morgan fingerprint density at radius 2 is 1.47 bits per heavy atom. The van der Waals surface area contributed by atoms with Crippen molar-refractivity contribution in [1.82, 2.24) is 4.98 Å². The average molecular weight is 448 g/mol. The van der Waals surface area contributed by atoms with E-state index < -0.39 is 17.7 Å². The van der Waals surface area contributed by atoms with Crippen LogP contribution in [0.1, 0.15) is 17.2 Å². The first-order valence-electron chi connectivity index (χ1n) is 10.7. The number of ketones is 1. The lowest BCUT2D eigenvalue weighted by atomic mass is 9.95. The molecule has 4 aromatic rings. The van der Waals surface area contributed by atoms with Crippen molar-refractivity contribution in [2.75, 3.05) is 4.90 Å². The molecule has 0 unspecified atom stereocenters. The van der Waals surface area contributed by atoms with E-state index >= 15 is 0 Å². The number of ether oxygens (including phenoxy) is 1. The highest BCUT2D eigenvalue weighted by Gasteiger charge is 2.47. The summed E-state index contributed by atoms with van der Waals surface area (Å²) in [6, 6.07) is 29.4. The highest BCUT2D eigenvalue weighted by atomic mass is 16.5. The first kappa shape index (κ1) is 21.2. The number of Topliss-reactive ketones (excluding diaryl/α,β-unsaturated/α-hetero) is 1. The molecule has 6 nitrogen and oxygen atoms in total. The third-order valence-electron chi connectivity index (χ3n) is 5.54. The Kier molecular flexibility index (Phi) is 5.62. The zero-order valence-electron chi connectivity index (χ0n) is 18.0. The number of carbonyl (C=O) groups is 2. The Morgan fingerprint density at radius 3 is 2.18 bits per heavy atom. The minimum atomic E-state index is -0.880. The van der Waals surface area contributed by atoms with Crippen LogP contribution in [0.15, 0.2) is 115 Å². The van der Waals surface area contributed by atoms with E-state index in [1.165, 1.54) is 4.90 Å². The van der Waals surface area contributed by atoms with Gasteiger partial charge in [-0.1, -0.05) is 66.7 Å². The van der Waals surface area contributed by atoms with Gasteiger partial charge in [-0.15, -0.1) is 0 Å². The molecule has 0 radical (unpaired) electrons. The molecular formula is C28H20N2O4. The molecule has 0 bridgehead atoms. The second kappa shape index (κ2) is 9.03. The highest BCUT2D eigenvalue weighted by Crippen LogP contribution is 2.42. The number of aromatic nitrogens is 1. The summed E-state index contributed by atoms with van der Waals surface area (Å²) in [6.45, 7) is 0. The molecule has 5 rings (SSSR count). The molecule has 0 saturated carbocycles. The summed E-state index contributed by atoms with van der Waals surface area (Å²) in [6.07, 6.45) is 1.55. The molecule has 3 aromatic carbocycles. The second-order valence-electron chi connectivity index (χ2n) is 7.71. The van der Waals surface area contributed by atoms with Gasteiger partial charge >= 0.3 is 5.91 Å². The van der Waals surface area contributed by atoms with Gasteiger partial charge in [0, 0.05) is 11.8 Å². The number of hydrogen-bond donors (Lipinski definition) is 1. The molecule has 34 heavy (non-hydrogen) atoms. The van der Waals surface area contributed by atoms with E-state index in [4.69, 9.17) is 4.74 Å². The molecule has 2 heterocycles. The maximum Gasteiger partial charge on any atom is 0.301 e. The minimum Gasteiger partial charge on any atom is -0.507 e. The average Bonchev–Trinajstić information content (AvgIpc) is 3.16. The Morgan fingerprint density at radius 1 is 0.794 bits per heavy atom. The normalized spacial score (nSPS) is 17.1. The molecule has 166 valence electrons. The van der Waals surface area contributed by atoms with Crippen LogP contribution in [0.4, 0.5) is 5.82 Å². The standard InChI is InChI=1S/C28H20N2O4/c31-26(19-10-3-1-4-11-19)24-25(30(28(33)27(24)32)23-16-7-8-17-29-23)20-12-9-15-22(18-20)34-21-13-5-2-6-14-21/h1-18,25,31H/b26-24+/t25-/m1/s1. The van der Waals surface area contributed by atoms with Crippen LogP contribution in [0, 0.1) is 0 Å². The molecule has 0 spiro atoms. The van der Waals surface area contributed by atoms with Crippen molar-refractivity contribution in [3.63, 3.8) is 0 Å². The predicted octanol–water partition coefficient (Wildman–Crippen LogP) is 5.50. The van der Waals surface area contributed by atoms with Crippen molar-refractivity contribution in [3.05, 3.63) is 126 Å². The molecule has 1 saturated heterocycles. The lowest BCUT2D eigenvalue weighted by molar-refractivity contribution is -0.132. The summed E-state index contributed by atoms with van der Waals surface area (Å²) in [5, 5.41) is 11.1. The fourth-order valence-corrected chi connectivity index (χ4v) is 4.00. The second-order valence-corrected chi connectivity index (χ2v) is 7.71. The molecule has 1 atom stereocenters. The maximum atomic E-state index is 13.2. The molecular weight excluding hydrogens is 428 g/mol. The summed E-state index contributed by atoms with van der Waals surface area (Å²) >= 11 is 0. The van der Waals surface area contributed by atoms with Crippen molar-refractivity contribution < 1.29 is 19.4 Å². The molecule has 1 aliphatic heterocycles. The molecule has 1 aromatic heterocycles. The van der Waals surface area contributed by atoms with E-state index in [9.17, 15) is 14.7 Å². The summed E-state index contributed by atoms with van der Waals surface area (Å²) in [5.74, 6) is -0.257. The van der Waals surface area contributed by atoms with Crippen molar-refractivity contribution in [2.24, 2.45) is 0 Å². The Labute approximate surface area is 196 Å². The fraction of sp³-hybridized carbons (Fsp3) is 0.0357. The number of carbonyl (C=O) groups excluding carboxylic acids is 2. The number of pyridine rings is 1. The highest BCUT2D eigenvalue weighted by molar-refractivity contribution is 6.51. The lowest BCUT2D eigenvalue weighted by Crippen LogP contribution is -2.30. The van der Waals surface area contributed by atoms with Crippen molar-refractivity contribution in [1.29, 1.82) is 0 Å². The molecule has 1 N–H and O–H groups in total. The number of nitrogens with zero attached hydrogens (tertiary/aromatic N) is 2. The quantitative estimate of drug-likeness (QED) is 0.248. The smallest absolute Gasteiger partial charge is 0.301 e. The molecule has 1 fully saturated rings. The first-order valence-corrected chi connectivity index (χ1v) is 10.7. The van der Waals surface area contributed by atoms with Crippen molar-refractivity contribution >= 4 is 23.3 Å². The third-order valence-corrected chi connectivity index (χ3v) is 5.54. The van der Waals surface area contributed by atoms with Crippen LogP contribution in [0.2, 0.25) is 0 Å². The number of para-hydroxylation sites is 1. The number of rotatable bonds is 5. The summed E-state index contributed by atoms with van der Waals surface area (Å²) in [4.78, 5) is 32.0. The SMILES string of the molecule is O=C1C(=O)N(c2ccccn2)[C@H](c2cccc(Oc3ccccc3)c2)/C1=C(\O)c1ccccc1. The number of benzene rings is 3. The topological polar surface area (TPSA) is 79.7 Å². The van der Waals surface area contributed by atoms with Crippen LogP contribution in [0.25, 0.3) is 5.76 Å². The van der Waals surface area contributed by atoms with E-state index in [-0.39, 0.29) is 11.3 Å². The van der Waals surface area contributed by atoms with Crippen LogP contribution < -0.4 is 9.64 Å². The fourth-order valence-electron chi connectivity index (χ4n) is 4.00. The zero-order valence-corrected chi connectivity index (χ0v) is 18.0. The molecule has 1 amide bonds. The van der Waals surface area contributed by atoms with E-state index in [1.807, 2.05) is 36.4 Å². The Bertz CT molecular complexity index is 1370. The number of aliphatic hydroxyl groups excluding tert-OH is 1. The summed E-state index contributed by atoms with van der Waals surface area (Å²) in [7, 11) is 0.